The van der Waals surface area contributed by atoms with Crippen LogP contribution < -0.4 is 0 Å². The Morgan fingerprint density at radius 3 is 2.34 bits per heavy atom. The molecule has 2 N–H and O–H groups in total. The molecule has 1 saturated heterocycles. The molecule has 3 aromatic rings. The SMILES string of the molecule is CC(C)(C)c1cc(-c2nc3ccc(C(=O)N4CCOCC4)cc3[nH]2)c(O)c(C(C)(C)C)c1. The highest BCUT2D eigenvalue weighted by atomic mass is 16.5. The minimum atomic E-state index is -0.218. The monoisotopic (exact) mass is 435 g/mol. The highest BCUT2D eigenvalue weighted by Crippen LogP contribution is 2.41. The van der Waals surface area contributed by atoms with E-state index in [1.165, 1.54) is 0 Å². The van der Waals surface area contributed by atoms with E-state index < -0.39 is 0 Å². The Labute approximate surface area is 189 Å². The fourth-order valence-electron chi connectivity index (χ4n) is 4.04. The number of H-pyrrole nitrogens is 1. The van der Waals surface area contributed by atoms with Gasteiger partial charge in [-0.3, -0.25) is 4.79 Å². The fraction of sp³-hybridized carbons (Fsp3) is 0.462. The molecule has 32 heavy (non-hydrogen) atoms. The summed E-state index contributed by atoms with van der Waals surface area (Å²) in [6.07, 6.45) is 0. The molecule has 170 valence electrons. The number of aromatic hydroxyl groups is 1. The van der Waals surface area contributed by atoms with Crippen molar-refractivity contribution in [2.75, 3.05) is 26.3 Å². The van der Waals surface area contributed by atoms with E-state index >= 15 is 0 Å². The average Bonchev–Trinajstić information content (AvgIpc) is 3.15. The number of nitrogens with zero attached hydrogens (tertiary/aromatic N) is 2. The van der Waals surface area contributed by atoms with E-state index in [9.17, 15) is 9.90 Å². The summed E-state index contributed by atoms with van der Waals surface area (Å²) in [4.78, 5) is 22.8. The molecule has 0 atom stereocenters. The number of fused-ring (bicyclic) bond motifs is 1. The van der Waals surface area contributed by atoms with Crippen LogP contribution in [0.5, 0.6) is 5.75 Å². The molecule has 1 aliphatic heterocycles. The molecule has 1 aliphatic rings. The van der Waals surface area contributed by atoms with Crippen LogP contribution in [-0.2, 0) is 15.6 Å². The number of nitrogens with one attached hydrogen (secondary N) is 1. The predicted octanol–water partition coefficient (Wildman–Crippen LogP) is 5.00. The van der Waals surface area contributed by atoms with E-state index in [-0.39, 0.29) is 22.5 Å². The van der Waals surface area contributed by atoms with E-state index in [1.807, 2.05) is 29.2 Å². The maximum Gasteiger partial charge on any atom is 0.254 e. The van der Waals surface area contributed by atoms with Gasteiger partial charge in [0.2, 0.25) is 0 Å². The largest absolute Gasteiger partial charge is 0.507 e. The molecular weight excluding hydrogens is 402 g/mol. The summed E-state index contributed by atoms with van der Waals surface area (Å²) >= 11 is 0. The summed E-state index contributed by atoms with van der Waals surface area (Å²) in [7, 11) is 0. The Kier molecular flexibility index (Phi) is 5.53. The van der Waals surface area contributed by atoms with Gasteiger partial charge in [0.1, 0.15) is 11.6 Å². The third kappa shape index (κ3) is 4.24. The first-order chi connectivity index (χ1) is 14.9. The van der Waals surface area contributed by atoms with Gasteiger partial charge in [-0.1, -0.05) is 47.6 Å². The second-order valence-electron chi connectivity index (χ2n) is 10.6. The van der Waals surface area contributed by atoms with Gasteiger partial charge in [-0.05, 0) is 40.7 Å². The number of morpholine rings is 1. The number of carbonyl (C=O) groups excluding carboxylic acids is 1. The number of ether oxygens (including phenoxy) is 1. The van der Waals surface area contributed by atoms with Crippen molar-refractivity contribution in [3.8, 4) is 17.1 Å². The molecule has 2 aromatic carbocycles. The normalized spacial score (nSPS) is 15.4. The van der Waals surface area contributed by atoms with E-state index in [2.05, 4.69) is 52.6 Å². The van der Waals surface area contributed by atoms with Crippen LogP contribution in [0.1, 0.15) is 63.0 Å². The first-order valence-electron chi connectivity index (χ1n) is 11.2. The van der Waals surface area contributed by atoms with Crippen molar-refractivity contribution in [3.05, 3.63) is 47.0 Å². The zero-order valence-electron chi connectivity index (χ0n) is 19.9. The Morgan fingerprint density at radius 1 is 1.03 bits per heavy atom. The van der Waals surface area contributed by atoms with Crippen molar-refractivity contribution >= 4 is 16.9 Å². The van der Waals surface area contributed by atoms with Crippen LogP contribution in [0.3, 0.4) is 0 Å². The molecule has 1 aromatic heterocycles. The number of phenols is 1. The molecule has 0 spiro atoms. The number of hydrogen-bond donors (Lipinski definition) is 2. The summed E-state index contributed by atoms with van der Waals surface area (Å²) in [5, 5.41) is 11.2. The van der Waals surface area contributed by atoms with Gasteiger partial charge in [-0.2, -0.15) is 0 Å². The van der Waals surface area contributed by atoms with Crippen LogP contribution in [0.15, 0.2) is 30.3 Å². The fourth-order valence-corrected chi connectivity index (χ4v) is 4.04. The topological polar surface area (TPSA) is 78.5 Å². The average molecular weight is 436 g/mol. The lowest BCUT2D eigenvalue weighted by Gasteiger charge is -2.27. The quantitative estimate of drug-likeness (QED) is 0.594. The molecule has 0 radical (unpaired) electrons. The molecule has 6 nitrogen and oxygen atoms in total. The van der Waals surface area contributed by atoms with Crippen molar-refractivity contribution in [2.24, 2.45) is 0 Å². The maximum atomic E-state index is 12.9. The zero-order chi connectivity index (χ0) is 23.3. The van der Waals surface area contributed by atoms with Crippen LogP contribution in [0, 0.1) is 0 Å². The molecule has 1 amide bonds. The summed E-state index contributed by atoms with van der Waals surface area (Å²) in [6, 6.07) is 9.64. The minimum Gasteiger partial charge on any atom is -0.507 e. The van der Waals surface area contributed by atoms with Gasteiger partial charge in [-0.15, -0.1) is 0 Å². The molecule has 6 heteroatoms. The molecule has 0 unspecified atom stereocenters. The number of aromatic nitrogens is 2. The Hall–Kier alpha value is -2.86. The molecule has 0 aliphatic carbocycles. The summed E-state index contributed by atoms with van der Waals surface area (Å²) in [6.45, 7) is 15.1. The Balaban J connectivity index is 1.79. The summed E-state index contributed by atoms with van der Waals surface area (Å²) in [5.41, 5.74) is 4.57. The van der Waals surface area contributed by atoms with Gasteiger partial charge in [0.25, 0.3) is 5.91 Å². The lowest BCUT2D eigenvalue weighted by Crippen LogP contribution is -2.40. The molecule has 2 heterocycles. The highest BCUT2D eigenvalue weighted by Gasteiger charge is 2.26. The number of rotatable bonds is 2. The van der Waals surface area contributed by atoms with Gasteiger partial charge in [0.15, 0.2) is 0 Å². The van der Waals surface area contributed by atoms with Crippen molar-refractivity contribution in [1.29, 1.82) is 0 Å². The minimum absolute atomic E-state index is 0.000976. The first kappa shape index (κ1) is 22.3. The van der Waals surface area contributed by atoms with Crippen molar-refractivity contribution in [2.45, 2.75) is 52.4 Å². The van der Waals surface area contributed by atoms with Crippen LogP contribution in [0.2, 0.25) is 0 Å². The number of phenolic OH excluding ortho intramolecular Hbond substituents is 1. The predicted molar refractivity (Wildman–Crippen MR) is 127 cm³/mol. The van der Waals surface area contributed by atoms with Crippen molar-refractivity contribution < 1.29 is 14.6 Å². The van der Waals surface area contributed by atoms with Crippen LogP contribution in [-0.4, -0.2) is 52.2 Å². The smallest absolute Gasteiger partial charge is 0.254 e. The van der Waals surface area contributed by atoms with E-state index in [1.54, 1.807) is 0 Å². The maximum absolute atomic E-state index is 12.9. The number of aromatic amines is 1. The van der Waals surface area contributed by atoms with Gasteiger partial charge >= 0.3 is 0 Å². The number of carbonyl (C=O) groups is 1. The second kappa shape index (κ2) is 7.93. The van der Waals surface area contributed by atoms with E-state index in [4.69, 9.17) is 9.72 Å². The van der Waals surface area contributed by atoms with Crippen molar-refractivity contribution in [1.82, 2.24) is 14.9 Å². The second-order valence-corrected chi connectivity index (χ2v) is 10.6. The van der Waals surface area contributed by atoms with Crippen LogP contribution in [0.25, 0.3) is 22.4 Å². The van der Waals surface area contributed by atoms with Gasteiger partial charge in [0, 0.05) is 24.2 Å². The zero-order valence-corrected chi connectivity index (χ0v) is 19.9. The lowest BCUT2D eigenvalue weighted by atomic mass is 9.79. The van der Waals surface area contributed by atoms with Gasteiger partial charge < -0.3 is 19.7 Å². The number of imidazole rings is 1. The first-order valence-corrected chi connectivity index (χ1v) is 11.2. The standard InChI is InChI=1S/C26H33N3O3/c1-25(2,3)17-14-18(22(30)19(15-17)26(4,5)6)23-27-20-8-7-16(13-21(20)28-23)24(31)29-9-11-32-12-10-29/h7-8,13-15,30H,9-12H2,1-6H3,(H,27,28). The molecule has 0 bridgehead atoms. The van der Waals surface area contributed by atoms with Gasteiger partial charge in [0.05, 0.1) is 29.8 Å². The van der Waals surface area contributed by atoms with Crippen molar-refractivity contribution in [3.63, 3.8) is 0 Å². The van der Waals surface area contributed by atoms with E-state index in [0.717, 1.165) is 22.2 Å². The number of amides is 1. The Morgan fingerprint density at radius 2 is 1.72 bits per heavy atom. The molecule has 4 rings (SSSR count). The number of benzene rings is 2. The van der Waals surface area contributed by atoms with E-state index in [0.29, 0.717) is 43.3 Å². The highest BCUT2D eigenvalue weighted by molar-refractivity contribution is 5.98. The molecule has 0 saturated carbocycles. The van der Waals surface area contributed by atoms with Crippen LogP contribution >= 0.6 is 0 Å². The third-order valence-electron chi connectivity index (χ3n) is 6.07. The Bertz CT molecular complexity index is 1160. The third-order valence-corrected chi connectivity index (χ3v) is 6.07. The van der Waals surface area contributed by atoms with Crippen LogP contribution in [0.4, 0.5) is 0 Å². The van der Waals surface area contributed by atoms with Gasteiger partial charge in [-0.25, -0.2) is 4.98 Å². The lowest BCUT2D eigenvalue weighted by molar-refractivity contribution is 0.0303. The molecule has 1 fully saturated rings. The summed E-state index contributed by atoms with van der Waals surface area (Å²) in [5.74, 6) is 0.846. The number of hydrogen-bond acceptors (Lipinski definition) is 4. The summed E-state index contributed by atoms with van der Waals surface area (Å²) < 4.78 is 5.35. The molecular formula is C26H33N3O3.